The molecule has 1 aromatic carbocycles. The first-order chi connectivity index (χ1) is 13.6. The largest absolute Gasteiger partial charge is 0.376 e. The van der Waals surface area contributed by atoms with Crippen molar-refractivity contribution in [2.24, 2.45) is 4.99 Å². The average Bonchev–Trinajstić information content (AvgIpc) is 3.12. The molecule has 28 heavy (non-hydrogen) atoms. The highest BCUT2D eigenvalue weighted by Gasteiger charge is 2.14. The zero-order valence-corrected chi connectivity index (χ0v) is 16.8. The van der Waals surface area contributed by atoms with Crippen LogP contribution in [0.2, 0.25) is 0 Å². The van der Waals surface area contributed by atoms with E-state index in [4.69, 9.17) is 4.74 Å². The van der Waals surface area contributed by atoms with E-state index in [9.17, 15) is 4.79 Å². The normalized spacial score (nSPS) is 17.5. The van der Waals surface area contributed by atoms with E-state index in [-0.39, 0.29) is 18.6 Å². The van der Waals surface area contributed by atoms with E-state index in [1.807, 2.05) is 12.1 Å². The van der Waals surface area contributed by atoms with Crippen LogP contribution in [0.5, 0.6) is 0 Å². The quantitative estimate of drug-likeness (QED) is 0.502. The number of fused-ring (bicyclic) bond motifs is 1. The number of guanidine groups is 1. The Kier molecular flexibility index (Phi) is 7.31. The van der Waals surface area contributed by atoms with Gasteiger partial charge in [0.2, 0.25) is 5.91 Å². The molecule has 0 saturated carbocycles. The molecule has 7 nitrogen and oxygen atoms in total. The third kappa shape index (κ3) is 5.99. The fourth-order valence-corrected chi connectivity index (χ4v) is 3.23. The van der Waals surface area contributed by atoms with Gasteiger partial charge in [0.15, 0.2) is 5.96 Å². The van der Waals surface area contributed by atoms with E-state index in [1.54, 1.807) is 19.0 Å². The number of carbonyl (C=O) groups is 1. The maximum atomic E-state index is 11.9. The van der Waals surface area contributed by atoms with Crippen LogP contribution in [0.15, 0.2) is 35.3 Å². The third-order valence-corrected chi connectivity index (χ3v) is 4.91. The highest BCUT2D eigenvalue weighted by molar-refractivity contribution is 5.85. The van der Waals surface area contributed by atoms with E-state index in [2.05, 4.69) is 38.8 Å². The lowest BCUT2D eigenvalue weighted by molar-refractivity contribution is -0.127. The lowest BCUT2D eigenvalue weighted by Crippen LogP contribution is -2.43. The third-order valence-electron chi connectivity index (χ3n) is 4.91. The first-order valence-corrected chi connectivity index (χ1v) is 10.0. The Labute approximate surface area is 166 Å². The van der Waals surface area contributed by atoms with E-state index in [1.165, 1.54) is 17.5 Å². The highest BCUT2D eigenvalue weighted by Crippen LogP contribution is 2.14. The first kappa shape index (κ1) is 20.2. The minimum atomic E-state index is -0.0226. The summed E-state index contributed by atoms with van der Waals surface area (Å²) in [5, 5.41) is 7.89. The van der Waals surface area contributed by atoms with Crippen LogP contribution in [0.1, 0.15) is 25.0 Å². The van der Waals surface area contributed by atoms with Gasteiger partial charge in [0.25, 0.3) is 0 Å². The number of amides is 1. The zero-order chi connectivity index (χ0) is 19.8. The SMILES string of the molecule is CN(C)C(=O)CN=C(NCCc1cc2ccccc2[nH]1)NCC1CCCCO1. The second-order valence-corrected chi connectivity index (χ2v) is 7.38. The Morgan fingerprint density at radius 2 is 2.14 bits per heavy atom. The van der Waals surface area contributed by atoms with Crippen LogP contribution in [-0.2, 0) is 16.0 Å². The van der Waals surface area contributed by atoms with Crippen LogP contribution in [0, 0.1) is 0 Å². The van der Waals surface area contributed by atoms with E-state index in [0.29, 0.717) is 12.5 Å². The molecular weight excluding hydrogens is 354 g/mol. The van der Waals surface area contributed by atoms with Crippen molar-refractivity contribution >= 4 is 22.8 Å². The number of aromatic amines is 1. The summed E-state index contributed by atoms with van der Waals surface area (Å²) < 4.78 is 5.77. The number of nitrogens with zero attached hydrogens (tertiary/aromatic N) is 2. The molecule has 0 aliphatic carbocycles. The molecular formula is C21H31N5O2. The number of rotatable bonds is 7. The van der Waals surface area contributed by atoms with Crippen molar-refractivity contribution in [1.82, 2.24) is 20.5 Å². The summed E-state index contributed by atoms with van der Waals surface area (Å²) in [5.41, 5.74) is 2.32. The summed E-state index contributed by atoms with van der Waals surface area (Å²) in [5.74, 6) is 0.631. The Balaban J connectivity index is 1.53. The van der Waals surface area contributed by atoms with Crippen molar-refractivity contribution in [3.8, 4) is 0 Å². The smallest absolute Gasteiger partial charge is 0.243 e. The molecule has 1 aliphatic heterocycles. The zero-order valence-electron chi connectivity index (χ0n) is 16.8. The average molecular weight is 386 g/mol. The van der Waals surface area contributed by atoms with Crippen LogP contribution in [0.4, 0.5) is 0 Å². The van der Waals surface area contributed by atoms with Crippen molar-refractivity contribution in [3.63, 3.8) is 0 Å². The second-order valence-electron chi connectivity index (χ2n) is 7.38. The van der Waals surface area contributed by atoms with Gasteiger partial charge in [-0.15, -0.1) is 0 Å². The molecule has 3 N–H and O–H groups in total. The standard InChI is InChI=1S/C21H31N5O2/c1-26(2)20(27)15-24-21(23-14-18-8-5-6-12-28-18)22-11-10-17-13-16-7-3-4-9-19(16)25-17/h3-4,7,9,13,18,25H,5-6,8,10-12,14-15H2,1-2H3,(H2,22,23,24). The van der Waals surface area contributed by atoms with Gasteiger partial charge < -0.3 is 25.3 Å². The van der Waals surface area contributed by atoms with E-state index >= 15 is 0 Å². The van der Waals surface area contributed by atoms with Gasteiger partial charge in [-0.2, -0.15) is 0 Å². The van der Waals surface area contributed by atoms with Crippen LogP contribution in [0.25, 0.3) is 10.9 Å². The molecule has 0 bridgehead atoms. The number of nitrogens with one attached hydrogen (secondary N) is 3. The Morgan fingerprint density at radius 1 is 1.29 bits per heavy atom. The van der Waals surface area contributed by atoms with Gasteiger partial charge in [-0.05, 0) is 36.8 Å². The molecule has 1 atom stereocenters. The molecule has 1 aliphatic rings. The summed E-state index contributed by atoms with van der Waals surface area (Å²) in [7, 11) is 3.48. The number of aromatic nitrogens is 1. The Hall–Kier alpha value is -2.54. The van der Waals surface area contributed by atoms with Crippen molar-refractivity contribution < 1.29 is 9.53 Å². The molecule has 1 unspecified atom stereocenters. The van der Waals surface area contributed by atoms with E-state index < -0.39 is 0 Å². The van der Waals surface area contributed by atoms with Crippen molar-refractivity contribution in [3.05, 3.63) is 36.0 Å². The molecule has 0 radical (unpaired) electrons. The van der Waals surface area contributed by atoms with Crippen LogP contribution >= 0.6 is 0 Å². The predicted octanol–water partition coefficient (Wildman–Crippen LogP) is 1.90. The predicted molar refractivity (Wildman–Crippen MR) is 113 cm³/mol. The summed E-state index contributed by atoms with van der Waals surface area (Å²) in [6.07, 6.45) is 4.45. The number of carbonyl (C=O) groups excluding carboxylic acids is 1. The number of aliphatic imine (C=N–C) groups is 1. The van der Waals surface area contributed by atoms with Crippen LogP contribution in [-0.4, -0.2) is 68.2 Å². The molecule has 3 rings (SSSR count). The molecule has 1 fully saturated rings. The molecule has 1 aromatic heterocycles. The monoisotopic (exact) mass is 385 g/mol. The number of H-pyrrole nitrogens is 1. The molecule has 152 valence electrons. The van der Waals surface area contributed by atoms with Crippen molar-refractivity contribution in [1.29, 1.82) is 0 Å². The summed E-state index contributed by atoms with van der Waals surface area (Å²) in [6.45, 7) is 2.38. The van der Waals surface area contributed by atoms with Crippen LogP contribution in [0.3, 0.4) is 0 Å². The minimum Gasteiger partial charge on any atom is -0.376 e. The molecule has 1 amide bonds. The van der Waals surface area contributed by atoms with Gasteiger partial charge in [-0.25, -0.2) is 4.99 Å². The molecule has 2 heterocycles. The number of ether oxygens (including phenoxy) is 1. The number of para-hydroxylation sites is 1. The number of hydrogen-bond acceptors (Lipinski definition) is 3. The van der Waals surface area contributed by atoms with Crippen LogP contribution < -0.4 is 10.6 Å². The summed E-state index contributed by atoms with van der Waals surface area (Å²) >= 11 is 0. The summed E-state index contributed by atoms with van der Waals surface area (Å²) in [4.78, 5) is 21.3. The molecule has 0 spiro atoms. The van der Waals surface area contributed by atoms with Gasteiger partial charge in [-0.1, -0.05) is 18.2 Å². The van der Waals surface area contributed by atoms with Gasteiger partial charge in [0, 0.05) is 51.4 Å². The van der Waals surface area contributed by atoms with Gasteiger partial charge >= 0.3 is 0 Å². The Bertz CT molecular complexity index is 760. The second kappa shape index (κ2) is 10.1. The van der Waals surface area contributed by atoms with Gasteiger partial charge in [0.05, 0.1) is 6.10 Å². The first-order valence-electron chi connectivity index (χ1n) is 10.0. The fourth-order valence-electron chi connectivity index (χ4n) is 3.23. The highest BCUT2D eigenvalue weighted by atomic mass is 16.5. The number of benzene rings is 1. The molecule has 2 aromatic rings. The number of hydrogen-bond donors (Lipinski definition) is 3. The van der Waals surface area contributed by atoms with Crippen molar-refractivity contribution in [2.45, 2.75) is 31.8 Å². The lowest BCUT2D eigenvalue weighted by atomic mass is 10.1. The van der Waals surface area contributed by atoms with Gasteiger partial charge in [-0.3, -0.25) is 4.79 Å². The lowest BCUT2D eigenvalue weighted by Gasteiger charge is -2.24. The topological polar surface area (TPSA) is 81.8 Å². The molecule has 7 heteroatoms. The van der Waals surface area contributed by atoms with E-state index in [0.717, 1.165) is 37.9 Å². The van der Waals surface area contributed by atoms with Gasteiger partial charge in [0.1, 0.15) is 6.54 Å². The maximum Gasteiger partial charge on any atom is 0.243 e. The maximum absolute atomic E-state index is 11.9. The minimum absolute atomic E-state index is 0.0226. The Morgan fingerprint density at radius 3 is 2.89 bits per heavy atom. The molecule has 1 saturated heterocycles. The summed E-state index contributed by atoms with van der Waals surface area (Å²) in [6, 6.07) is 10.4. The van der Waals surface area contributed by atoms with Crippen molar-refractivity contribution in [2.75, 3.05) is 40.3 Å². The fraction of sp³-hybridized carbons (Fsp3) is 0.524. The number of likely N-dealkylation sites (N-methyl/N-ethyl adjacent to an activating group) is 1.